The van der Waals surface area contributed by atoms with Crippen LogP contribution in [0.25, 0.3) is 0 Å². The Bertz CT molecular complexity index is 299. The van der Waals surface area contributed by atoms with E-state index in [9.17, 15) is 4.79 Å². The molecule has 0 spiro atoms. The van der Waals surface area contributed by atoms with Crippen molar-refractivity contribution in [2.24, 2.45) is 0 Å². The van der Waals surface area contributed by atoms with Crippen molar-refractivity contribution in [1.29, 1.82) is 0 Å². The summed E-state index contributed by atoms with van der Waals surface area (Å²) >= 11 is 9.89. The second-order valence-electron chi connectivity index (χ2n) is 2.18. The van der Waals surface area contributed by atoms with Crippen molar-refractivity contribution in [1.82, 2.24) is 0 Å². The smallest absolute Gasteiger partial charge is 0.185 e. The van der Waals surface area contributed by atoms with Gasteiger partial charge in [0.05, 0.1) is 0 Å². The van der Waals surface area contributed by atoms with Crippen LogP contribution in [0.3, 0.4) is 0 Å². The van der Waals surface area contributed by atoms with Gasteiger partial charge in [-0.05, 0) is 12.1 Å². The lowest BCUT2D eigenvalue weighted by Crippen LogP contribution is -2.06. The Morgan fingerprint density at radius 3 is 2.58 bits per heavy atom. The normalized spacial score (nSPS) is 10.3. The molecule has 0 saturated heterocycles. The summed E-state index contributed by atoms with van der Waals surface area (Å²) in [7, 11) is 0. The molecule has 0 atom stereocenters. The average Bonchev–Trinajstić information content (AvgIpc) is 2.03. The van der Waals surface area contributed by atoms with Crippen molar-refractivity contribution in [3.05, 3.63) is 34.9 Å². The van der Waals surface area contributed by atoms with Crippen LogP contribution in [0, 0.1) is 0 Å². The van der Waals surface area contributed by atoms with Crippen LogP contribution in [-0.4, -0.2) is 7.71 Å². The molecule has 0 aromatic heterocycles. The number of hydrogen-bond acceptors (Lipinski definition) is 1. The largest absolute Gasteiger partial charge is 0.292 e. The Kier molecular flexibility index (Phi) is 4.25. The third kappa shape index (κ3) is 2.85. The fourth-order valence-corrected chi connectivity index (χ4v) is 1.68. The molecule has 0 fully saturated rings. The van der Waals surface area contributed by atoms with Gasteiger partial charge >= 0.3 is 0 Å². The first kappa shape index (κ1) is 10.7. The average molecular weight is 406 g/mol. The highest BCUT2D eigenvalue weighted by Crippen LogP contribution is 2.19. The van der Waals surface area contributed by atoms with Crippen molar-refractivity contribution >= 4 is 62.6 Å². The van der Waals surface area contributed by atoms with Crippen LogP contribution >= 0.6 is 56.8 Å². The molecule has 0 saturated carbocycles. The van der Waals surface area contributed by atoms with Gasteiger partial charge in [0.1, 0.15) is 1.93 Å². The Hall–Kier alpha value is 0.640. The number of ketones is 1. The van der Waals surface area contributed by atoms with Crippen LogP contribution in [0.5, 0.6) is 0 Å². The minimum absolute atomic E-state index is 0.0290. The van der Waals surface area contributed by atoms with E-state index in [-0.39, 0.29) is 7.71 Å². The standard InChI is InChI=1S/C8H5ClI2O/c9-6-3-1-2-5(4-6)7(12)8(10)11/h1-4,8H. The summed E-state index contributed by atoms with van der Waals surface area (Å²) in [6, 6.07) is 7.01. The van der Waals surface area contributed by atoms with E-state index in [1.165, 1.54) is 0 Å². The quantitative estimate of drug-likeness (QED) is 0.416. The molecule has 4 heteroatoms. The summed E-state index contributed by atoms with van der Waals surface area (Å²) in [5, 5.41) is 0.606. The molecule has 0 aliphatic rings. The Morgan fingerprint density at radius 2 is 2.08 bits per heavy atom. The van der Waals surface area contributed by atoms with E-state index in [0.717, 1.165) is 0 Å². The third-order valence-electron chi connectivity index (χ3n) is 1.31. The number of rotatable bonds is 2. The van der Waals surface area contributed by atoms with Gasteiger partial charge in [0.15, 0.2) is 5.78 Å². The van der Waals surface area contributed by atoms with Crippen LogP contribution in [0.4, 0.5) is 0 Å². The van der Waals surface area contributed by atoms with E-state index < -0.39 is 0 Å². The van der Waals surface area contributed by atoms with Gasteiger partial charge in [0.2, 0.25) is 0 Å². The Morgan fingerprint density at radius 1 is 1.42 bits per heavy atom. The maximum atomic E-state index is 11.4. The molecule has 12 heavy (non-hydrogen) atoms. The Balaban J connectivity index is 2.96. The first-order chi connectivity index (χ1) is 5.61. The minimum atomic E-state index is -0.0290. The predicted molar refractivity (Wildman–Crippen MR) is 67.6 cm³/mol. The lowest BCUT2D eigenvalue weighted by Gasteiger charge is -2.00. The minimum Gasteiger partial charge on any atom is -0.292 e. The Labute approximate surface area is 103 Å². The first-order valence-electron chi connectivity index (χ1n) is 3.19. The van der Waals surface area contributed by atoms with Crippen LogP contribution in [0.15, 0.2) is 24.3 Å². The highest BCUT2D eigenvalue weighted by Gasteiger charge is 2.12. The van der Waals surface area contributed by atoms with Crippen molar-refractivity contribution in [3.8, 4) is 0 Å². The molecule has 0 N–H and O–H groups in total. The van der Waals surface area contributed by atoms with Gasteiger partial charge in [0.25, 0.3) is 0 Å². The van der Waals surface area contributed by atoms with Crippen molar-refractivity contribution in [2.75, 3.05) is 0 Å². The zero-order valence-corrected chi connectivity index (χ0v) is 11.0. The predicted octanol–water partition coefficient (Wildman–Crippen LogP) is 3.72. The number of carbonyl (C=O) groups is 1. The summed E-state index contributed by atoms with van der Waals surface area (Å²) in [5.74, 6) is 0.110. The summed E-state index contributed by atoms with van der Waals surface area (Å²) in [5.41, 5.74) is 0.677. The molecule has 1 nitrogen and oxygen atoms in total. The molecular formula is C8H5ClI2O. The third-order valence-corrected chi connectivity index (χ3v) is 2.67. The van der Waals surface area contributed by atoms with Crippen LogP contribution < -0.4 is 0 Å². The summed E-state index contributed by atoms with van der Waals surface area (Å²) < 4.78 is -0.0290. The van der Waals surface area contributed by atoms with Crippen molar-refractivity contribution < 1.29 is 4.79 Å². The lowest BCUT2D eigenvalue weighted by atomic mass is 10.2. The molecule has 1 aromatic rings. The number of halogens is 3. The molecule has 0 amide bonds. The lowest BCUT2D eigenvalue weighted by molar-refractivity contribution is 0.102. The van der Waals surface area contributed by atoms with Crippen LogP contribution in [0.2, 0.25) is 5.02 Å². The van der Waals surface area contributed by atoms with Gasteiger partial charge in [-0.25, -0.2) is 0 Å². The number of alkyl halides is 2. The number of benzene rings is 1. The van der Waals surface area contributed by atoms with E-state index in [1.807, 2.05) is 0 Å². The van der Waals surface area contributed by atoms with E-state index in [4.69, 9.17) is 11.6 Å². The number of hydrogen-bond donors (Lipinski definition) is 0. The molecule has 0 heterocycles. The summed E-state index contributed by atoms with van der Waals surface area (Å²) in [6.07, 6.45) is 0. The maximum absolute atomic E-state index is 11.4. The van der Waals surface area contributed by atoms with Crippen molar-refractivity contribution in [3.63, 3.8) is 0 Å². The molecule has 1 aromatic carbocycles. The van der Waals surface area contributed by atoms with E-state index in [2.05, 4.69) is 45.2 Å². The zero-order valence-electron chi connectivity index (χ0n) is 5.93. The van der Waals surface area contributed by atoms with Gasteiger partial charge in [0, 0.05) is 10.6 Å². The van der Waals surface area contributed by atoms with Crippen LogP contribution in [0.1, 0.15) is 10.4 Å². The monoisotopic (exact) mass is 406 g/mol. The molecule has 0 aliphatic heterocycles. The van der Waals surface area contributed by atoms with E-state index in [0.29, 0.717) is 10.6 Å². The van der Waals surface area contributed by atoms with Gasteiger partial charge in [-0.15, -0.1) is 0 Å². The first-order valence-corrected chi connectivity index (χ1v) is 6.06. The second kappa shape index (κ2) is 4.76. The van der Waals surface area contributed by atoms with E-state index >= 15 is 0 Å². The topological polar surface area (TPSA) is 17.1 Å². The van der Waals surface area contributed by atoms with E-state index in [1.54, 1.807) is 24.3 Å². The molecule has 64 valence electrons. The number of Topliss-reactive ketones (excluding diaryl/α,β-unsaturated/α-hetero) is 1. The fraction of sp³-hybridized carbons (Fsp3) is 0.125. The SMILES string of the molecule is O=C(c1cccc(Cl)c1)C(I)I. The highest BCUT2D eigenvalue weighted by atomic mass is 127. The highest BCUT2D eigenvalue weighted by molar-refractivity contribution is 14.2. The van der Waals surface area contributed by atoms with Crippen molar-refractivity contribution in [2.45, 2.75) is 1.93 Å². The molecule has 0 radical (unpaired) electrons. The zero-order chi connectivity index (χ0) is 9.14. The second-order valence-corrected chi connectivity index (χ2v) is 7.49. The maximum Gasteiger partial charge on any atom is 0.185 e. The molecule has 0 bridgehead atoms. The summed E-state index contributed by atoms with van der Waals surface area (Å²) in [6.45, 7) is 0. The van der Waals surface area contributed by atoms with Gasteiger partial charge < -0.3 is 0 Å². The van der Waals surface area contributed by atoms with Crippen LogP contribution in [-0.2, 0) is 0 Å². The summed E-state index contributed by atoms with van der Waals surface area (Å²) in [4.78, 5) is 11.4. The molecule has 1 rings (SSSR count). The van der Waals surface area contributed by atoms with Gasteiger partial charge in [-0.1, -0.05) is 68.9 Å². The fourth-order valence-electron chi connectivity index (χ4n) is 0.768. The van der Waals surface area contributed by atoms with Gasteiger partial charge in [-0.3, -0.25) is 4.79 Å². The van der Waals surface area contributed by atoms with Gasteiger partial charge in [-0.2, -0.15) is 0 Å². The molecule has 0 aliphatic carbocycles. The molecule has 0 unspecified atom stereocenters. The molecular weight excluding hydrogens is 401 g/mol. The number of carbonyl (C=O) groups excluding carboxylic acids is 1.